The van der Waals surface area contributed by atoms with Crippen LogP contribution in [0.5, 0.6) is 5.75 Å². The van der Waals surface area contributed by atoms with Crippen molar-refractivity contribution < 1.29 is 19.4 Å². The highest BCUT2D eigenvalue weighted by atomic mass is 32.2. The number of hydrogen-bond acceptors (Lipinski definition) is 9. The summed E-state index contributed by atoms with van der Waals surface area (Å²) >= 11 is 1.46. The van der Waals surface area contributed by atoms with E-state index in [1.165, 1.54) is 41.8 Å². The Morgan fingerprint density at radius 3 is 2.89 bits per heavy atom. The summed E-state index contributed by atoms with van der Waals surface area (Å²) in [5.74, 6) is -0.273. The minimum Gasteiger partial charge on any atom is -0.508 e. The number of aromatic hydroxyl groups is 1. The molecule has 1 aromatic carbocycles. The standard InChI is InChI=1S/C17H19N5O5S/c1-8(23)27-6-10-7-28-17-13(18)16(25)22(17)14(10)15(19)20-5-9-2-3-11(24)4-12(9)21-26/h2-4,13,17,24H,5-7,18H2,1H3,(H2,19,20)/t13-,17?/m1/s1. The molecular weight excluding hydrogens is 386 g/mol. The number of amidine groups is 1. The molecule has 148 valence electrons. The molecule has 0 aliphatic carbocycles. The van der Waals surface area contributed by atoms with Crippen LogP contribution in [0.4, 0.5) is 5.69 Å². The van der Waals surface area contributed by atoms with Crippen LogP contribution in [-0.4, -0.2) is 51.5 Å². The molecule has 0 radical (unpaired) electrons. The molecule has 2 atom stereocenters. The Morgan fingerprint density at radius 1 is 1.46 bits per heavy atom. The molecule has 1 saturated heterocycles. The molecule has 10 nitrogen and oxygen atoms in total. The zero-order valence-corrected chi connectivity index (χ0v) is 15.8. The zero-order valence-electron chi connectivity index (χ0n) is 15.0. The fourth-order valence-electron chi connectivity index (χ4n) is 2.95. The van der Waals surface area contributed by atoms with Crippen LogP contribution in [-0.2, 0) is 20.9 Å². The highest BCUT2D eigenvalue weighted by Crippen LogP contribution is 2.39. The van der Waals surface area contributed by atoms with Crippen LogP contribution in [0.2, 0.25) is 0 Å². The molecule has 1 unspecified atom stereocenters. The number of nitroso groups, excluding NO2 is 1. The number of β-lactam (4-membered cyclic amide) rings is 1. The van der Waals surface area contributed by atoms with E-state index in [4.69, 9.17) is 16.2 Å². The first-order chi connectivity index (χ1) is 13.3. The van der Waals surface area contributed by atoms with E-state index in [9.17, 15) is 19.6 Å². The number of phenolic OH excluding ortho intramolecular Hbond substituents is 1. The summed E-state index contributed by atoms with van der Waals surface area (Å²) in [7, 11) is 0. The molecule has 0 aromatic heterocycles. The lowest BCUT2D eigenvalue weighted by atomic mass is 10.0. The van der Waals surface area contributed by atoms with Crippen molar-refractivity contribution >= 4 is 35.2 Å². The highest BCUT2D eigenvalue weighted by Gasteiger charge is 2.50. The minimum atomic E-state index is -0.619. The number of nitrogens with two attached hydrogens (primary N) is 2. The van der Waals surface area contributed by atoms with Gasteiger partial charge in [-0.25, -0.2) is 0 Å². The van der Waals surface area contributed by atoms with Gasteiger partial charge in [0.25, 0.3) is 0 Å². The quantitative estimate of drug-likeness (QED) is 0.205. The third-order valence-corrected chi connectivity index (χ3v) is 5.73. The van der Waals surface area contributed by atoms with Gasteiger partial charge >= 0.3 is 5.97 Å². The summed E-state index contributed by atoms with van der Waals surface area (Å²) in [6, 6.07) is 3.53. The fourth-order valence-corrected chi connectivity index (χ4v) is 4.22. The summed E-state index contributed by atoms with van der Waals surface area (Å²) < 4.78 is 5.07. The van der Waals surface area contributed by atoms with E-state index >= 15 is 0 Å². The van der Waals surface area contributed by atoms with Crippen molar-refractivity contribution in [3.63, 3.8) is 0 Å². The predicted octanol–water partition coefficient (Wildman–Crippen LogP) is 0.707. The first-order valence-corrected chi connectivity index (χ1v) is 9.39. The number of esters is 1. The monoisotopic (exact) mass is 405 g/mol. The van der Waals surface area contributed by atoms with Gasteiger partial charge in [0.2, 0.25) is 5.91 Å². The van der Waals surface area contributed by atoms with Crippen LogP contribution >= 0.6 is 11.8 Å². The van der Waals surface area contributed by atoms with Crippen LogP contribution in [0.3, 0.4) is 0 Å². The first-order valence-electron chi connectivity index (χ1n) is 8.34. The topological polar surface area (TPSA) is 161 Å². The summed E-state index contributed by atoms with van der Waals surface area (Å²) in [6.45, 7) is 1.29. The largest absolute Gasteiger partial charge is 0.508 e. The van der Waals surface area contributed by atoms with Crippen molar-refractivity contribution in [3.05, 3.63) is 39.9 Å². The van der Waals surface area contributed by atoms with Gasteiger partial charge in [-0.3, -0.25) is 19.5 Å². The van der Waals surface area contributed by atoms with E-state index in [0.717, 1.165) is 0 Å². The smallest absolute Gasteiger partial charge is 0.302 e. The number of ether oxygens (including phenoxy) is 1. The first kappa shape index (κ1) is 19.8. The average Bonchev–Trinajstić information content (AvgIpc) is 2.69. The Balaban J connectivity index is 1.91. The molecule has 2 aliphatic rings. The lowest BCUT2D eigenvalue weighted by Crippen LogP contribution is -2.69. The Labute approximate surface area is 164 Å². The Bertz CT molecular complexity index is 900. The molecule has 0 spiro atoms. The minimum absolute atomic E-state index is 0.0139. The van der Waals surface area contributed by atoms with Gasteiger partial charge in [0.1, 0.15) is 35.3 Å². The lowest BCUT2D eigenvalue weighted by Gasteiger charge is -2.49. The number of thioether (sulfide) groups is 1. The molecule has 0 bridgehead atoms. The number of fused-ring (bicyclic) bond motifs is 1. The number of rotatable bonds is 6. The third kappa shape index (κ3) is 3.71. The number of phenols is 1. The Morgan fingerprint density at radius 2 is 2.21 bits per heavy atom. The van der Waals surface area contributed by atoms with Crippen molar-refractivity contribution in [3.8, 4) is 5.75 Å². The number of nitrogens with zero attached hydrogens (tertiary/aromatic N) is 3. The molecule has 11 heteroatoms. The summed E-state index contributed by atoms with van der Waals surface area (Å²) in [6.07, 6.45) is 0. The van der Waals surface area contributed by atoms with Crippen molar-refractivity contribution in [2.24, 2.45) is 21.6 Å². The summed E-state index contributed by atoms with van der Waals surface area (Å²) in [5.41, 5.74) is 13.6. The van der Waals surface area contributed by atoms with Crippen LogP contribution in [0.1, 0.15) is 12.5 Å². The molecule has 28 heavy (non-hydrogen) atoms. The van der Waals surface area contributed by atoms with Crippen molar-refractivity contribution in [2.75, 3.05) is 12.4 Å². The maximum Gasteiger partial charge on any atom is 0.302 e. The van der Waals surface area contributed by atoms with E-state index < -0.39 is 12.0 Å². The number of carbonyl (C=O) groups excluding carboxylic acids is 2. The molecular formula is C17H19N5O5S. The maximum absolute atomic E-state index is 12.3. The number of aliphatic imine (C=N–C) groups is 1. The molecule has 3 rings (SSSR count). The fraction of sp³-hybridized carbons (Fsp3) is 0.353. The van der Waals surface area contributed by atoms with E-state index in [1.54, 1.807) is 0 Å². The van der Waals surface area contributed by atoms with Crippen LogP contribution in [0.25, 0.3) is 0 Å². The molecule has 1 amide bonds. The van der Waals surface area contributed by atoms with Crippen LogP contribution in [0, 0.1) is 4.91 Å². The predicted molar refractivity (Wildman–Crippen MR) is 104 cm³/mol. The SMILES string of the molecule is CC(=O)OCC1=C(C(N)=NCc2ccc(O)cc2N=O)N2C(=O)[C@@H](N)C2SC1. The molecule has 1 aromatic rings. The van der Waals surface area contributed by atoms with Crippen molar-refractivity contribution in [1.29, 1.82) is 0 Å². The van der Waals surface area contributed by atoms with Crippen molar-refractivity contribution in [1.82, 2.24) is 4.90 Å². The molecule has 2 heterocycles. The lowest BCUT2D eigenvalue weighted by molar-refractivity contribution is -0.140. The van der Waals surface area contributed by atoms with E-state index in [2.05, 4.69) is 10.2 Å². The van der Waals surface area contributed by atoms with Gasteiger partial charge in [-0.2, -0.15) is 0 Å². The van der Waals surface area contributed by atoms with Gasteiger partial charge in [0.15, 0.2) is 0 Å². The van der Waals surface area contributed by atoms with Crippen LogP contribution in [0.15, 0.2) is 39.6 Å². The second-order valence-corrected chi connectivity index (χ2v) is 7.38. The normalized spacial score (nSPS) is 21.9. The second-order valence-electron chi connectivity index (χ2n) is 6.27. The van der Waals surface area contributed by atoms with Gasteiger partial charge in [-0.15, -0.1) is 16.7 Å². The zero-order chi connectivity index (χ0) is 20.4. The van der Waals surface area contributed by atoms with Gasteiger partial charge in [-0.05, 0) is 11.2 Å². The third-order valence-electron chi connectivity index (χ3n) is 4.37. The number of hydrogen-bond donors (Lipinski definition) is 3. The highest BCUT2D eigenvalue weighted by molar-refractivity contribution is 8.00. The molecule has 1 fully saturated rings. The van der Waals surface area contributed by atoms with Gasteiger partial charge in [0.05, 0.1) is 12.2 Å². The second kappa shape index (κ2) is 7.98. The maximum atomic E-state index is 12.3. The molecule has 5 N–H and O–H groups in total. The molecule has 2 aliphatic heterocycles. The number of carbonyl (C=O) groups is 2. The average molecular weight is 405 g/mol. The van der Waals surface area contributed by atoms with Gasteiger partial charge in [-0.1, -0.05) is 6.07 Å². The van der Waals surface area contributed by atoms with E-state index in [-0.39, 0.29) is 41.7 Å². The summed E-state index contributed by atoms with van der Waals surface area (Å²) in [5, 5.41) is 12.1. The van der Waals surface area contributed by atoms with E-state index in [1.807, 2.05) is 0 Å². The van der Waals surface area contributed by atoms with Crippen molar-refractivity contribution in [2.45, 2.75) is 24.9 Å². The number of benzene rings is 1. The van der Waals surface area contributed by atoms with Crippen LogP contribution < -0.4 is 11.5 Å². The Hall–Kier alpha value is -2.92. The summed E-state index contributed by atoms with van der Waals surface area (Å²) in [4.78, 5) is 40.1. The number of amides is 1. The van der Waals surface area contributed by atoms with E-state index in [0.29, 0.717) is 22.6 Å². The molecule has 0 saturated carbocycles. The Kier molecular flexibility index (Phi) is 5.66. The van der Waals surface area contributed by atoms with Gasteiger partial charge < -0.3 is 21.3 Å². The van der Waals surface area contributed by atoms with Gasteiger partial charge in [0, 0.05) is 29.9 Å².